The summed E-state index contributed by atoms with van der Waals surface area (Å²) < 4.78 is 36.4. The molecule has 12 N–H and O–H groups in total. The summed E-state index contributed by atoms with van der Waals surface area (Å²) in [5.74, 6) is -3.61. The highest BCUT2D eigenvalue weighted by molar-refractivity contribution is 8.01. The molecule has 0 spiro atoms. The van der Waals surface area contributed by atoms with Crippen LogP contribution in [0.3, 0.4) is 0 Å². The van der Waals surface area contributed by atoms with Gasteiger partial charge in [-0.2, -0.15) is 8.42 Å². The molecular weight excluding hydrogens is 1110 g/mol. The molecular formula is C61H83N9O14S. The van der Waals surface area contributed by atoms with E-state index in [1.54, 1.807) is 44.2 Å². The van der Waals surface area contributed by atoms with Gasteiger partial charge in [0.2, 0.25) is 35.4 Å². The number of hydrogen-bond donors (Lipinski definition) is 11. The number of phenols is 1. The molecule has 85 heavy (non-hydrogen) atoms. The summed E-state index contributed by atoms with van der Waals surface area (Å²) in [6.45, 7) is 10.8. The average Bonchev–Trinajstić information content (AvgIpc) is 1.08. The Kier molecular flexibility index (Phi) is 20.6. The Morgan fingerprint density at radius 2 is 1.27 bits per heavy atom. The van der Waals surface area contributed by atoms with Crippen LogP contribution in [0.4, 0.5) is 21.0 Å². The van der Waals surface area contributed by atoms with Crippen molar-refractivity contribution in [3.63, 3.8) is 0 Å². The van der Waals surface area contributed by atoms with Crippen molar-refractivity contribution in [3.05, 3.63) is 88.5 Å². The normalized spacial score (nSPS) is 24.2. The van der Waals surface area contributed by atoms with Gasteiger partial charge in [-0.25, -0.2) is 9.59 Å². The Morgan fingerprint density at radius 3 is 1.84 bits per heavy atom. The van der Waals surface area contributed by atoms with E-state index in [9.17, 15) is 56.7 Å². The molecule has 0 aromatic heterocycles. The van der Waals surface area contributed by atoms with Crippen LogP contribution >= 0.6 is 0 Å². The van der Waals surface area contributed by atoms with Crippen molar-refractivity contribution in [2.45, 2.75) is 167 Å². The Bertz CT molecular complexity index is 3180. The van der Waals surface area contributed by atoms with E-state index in [0.717, 1.165) is 68.1 Å². The standard InChI is InChI=1S/C61H83N9O14S/c1-35(2)50(69-51(74)44(63-7)22-25-48(72)65-33-49(73)85(81,82)83)53(76)68-45(11-8-30-64-56(62)79)52(75)66-39-18-12-36(13-19-39)34-84-57(80)67-40-20-14-37-16-23-46-58(3,42(37)31-40)26-9-28-60(46,5)54(77)70-55(78)61(6)29-10-27-59(4)43-32-41(71)21-15-38(43)17-24-47(59)61/h12-15,18-21,31-32,35,44-47,50,63,71H,8-11,16-17,22-30,33-34H2,1-7H3,(H,65,72)(H,66,75)(H,67,80)(H,68,76)(H,69,74)(H3,62,64,79)(H,70,77,78)(H,81,82,83)/t44-,45+,46-,47-,50+,58-,59-,60+,61+/m1/s1. The Hall–Kier alpha value is -7.44. The highest BCUT2D eigenvalue weighted by Crippen LogP contribution is 2.60. The fourth-order valence-electron chi connectivity index (χ4n) is 14.0. The number of anilines is 2. The predicted octanol–water partition coefficient (Wildman–Crippen LogP) is 5.42. The molecule has 0 bridgehead atoms. The van der Waals surface area contributed by atoms with E-state index in [1.165, 1.54) is 12.6 Å². The second kappa shape index (κ2) is 26.9. The Labute approximate surface area is 496 Å². The highest BCUT2D eigenvalue weighted by Gasteiger charge is 2.58. The average molecular weight is 1200 g/mol. The first-order valence-electron chi connectivity index (χ1n) is 29.3. The first kappa shape index (κ1) is 65.1. The maximum Gasteiger partial charge on any atom is 0.411 e. The minimum Gasteiger partial charge on any atom is -0.508 e. The first-order valence-corrected chi connectivity index (χ1v) is 30.7. The third-order valence-electron chi connectivity index (χ3n) is 18.7. The number of hydrogen-bond acceptors (Lipinski definition) is 14. The number of carbonyl (C=O) groups is 9. The molecule has 0 radical (unpaired) electrons. The van der Waals surface area contributed by atoms with Crippen molar-refractivity contribution in [2.24, 2.45) is 34.3 Å². The molecule has 2 fully saturated rings. The number of likely N-dealkylation sites (N-methyl/N-ethyl adjacent to an activating group) is 1. The quantitative estimate of drug-likeness (QED) is 0.0340. The number of nitrogens with two attached hydrogens (primary N) is 1. The minimum absolute atomic E-state index is 0.00178. The molecule has 7 rings (SSSR count). The van der Waals surface area contributed by atoms with Crippen LogP contribution in [0.25, 0.3) is 0 Å². The smallest absolute Gasteiger partial charge is 0.411 e. The number of rotatable bonds is 22. The van der Waals surface area contributed by atoms with Gasteiger partial charge in [0.1, 0.15) is 24.4 Å². The van der Waals surface area contributed by atoms with E-state index in [1.807, 2.05) is 44.2 Å². The molecule has 9 amide bonds. The number of imide groups is 1. The lowest BCUT2D eigenvalue weighted by atomic mass is 9.49. The van der Waals surface area contributed by atoms with Gasteiger partial charge in [-0.1, -0.05) is 78.6 Å². The van der Waals surface area contributed by atoms with Crippen molar-refractivity contribution < 1.29 is 66.0 Å². The largest absolute Gasteiger partial charge is 0.508 e. The van der Waals surface area contributed by atoms with Gasteiger partial charge in [0.15, 0.2) is 0 Å². The van der Waals surface area contributed by atoms with Crippen LogP contribution in [-0.2, 0) is 78.7 Å². The zero-order valence-corrected chi connectivity index (χ0v) is 50.4. The van der Waals surface area contributed by atoms with Gasteiger partial charge in [-0.3, -0.25) is 48.7 Å². The molecule has 3 aromatic carbocycles. The van der Waals surface area contributed by atoms with E-state index in [0.29, 0.717) is 29.8 Å². The van der Waals surface area contributed by atoms with Gasteiger partial charge in [0.25, 0.3) is 5.12 Å². The number of phenolic OH excluding ortho intramolecular Hbond substituents is 1. The lowest BCUT2D eigenvalue weighted by Gasteiger charge is -2.56. The summed E-state index contributed by atoms with van der Waals surface area (Å²) in [7, 11) is -3.55. The molecule has 24 heteroatoms. The molecule has 0 aliphatic heterocycles. The van der Waals surface area contributed by atoms with Crippen LogP contribution in [-0.4, -0.2) is 109 Å². The predicted molar refractivity (Wildman–Crippen MR) is 316 cm³/mol. The van der Waals surface area contributed by atoms with Gasteiger partial charge < -0.3 is 47.5 Å². The monoisotopic (exact) mass is 1200 g/mol. The molecule has 4 aliphatic carbocycles. The highest BCUT2D eigenvalue weighted by atomic mass is 32.2. The van der Waals surface area contributed by atoms with Gasteiger partial charge in [0.05, 0.1) is 23.4 Å². The summed E-state index contributed by atoms with van der Waals surface area (Å²) in [4.78, 5) is 119. The summed E-state index contributed by atoms with van der Waals surface area (Å²) in [6, 6.07) is 13.7. The number of aryl methyl sites for hydroxylation is 2. The maximum atomic E-state index is 14.7. The summed E-state index contributed by atoms with van der Waals surface area (Å²) in [6.07, 6.45) is 6.85. The molecule has 9 atom stereocenters. The van der Waals surface area contributed by atoms with Gasteiger partial charge in [0, 0.05) is 24.3 Å². The molecule has 23 nitrogen and oxygen atoms in total. The number of amides is 9. The molecule has 0 unspecified atom stereocenters. The van der Waals surface area contributed by atoms with E-state index in [4.69, 9.17) is 15.0 Å². The number of aromatic hydroxyl groups is 1. The lowest BCUT2D eigenvalue weighted by molar-refractivity contribution is -0.150. The summed E-state index contributed by atoms with van der Waals surface area (Å²) in [5.41, 5.74) is 8.83. The topological polar surface area (TPSA) is 360 Å². The zero-order chi connectivity index (χ0) is 62.2. The number of fused-ring (bicyclic) bond motifs is 6. The van der Waals surface area contributed by atoms with Crippen LogP contribution in [0.2, 0.25) is 0 Å². The van der Waals surface area contributed by atoms with Crippen LogP contribution in [0.1, 0.15) is 146 Å². The van der Waals surface area contributed by atoms with Crippen molar-refractivity contribution in [1.29, 1.82) is 0 Å². The molecule has 0 saturated heterocycles. The van der Waals surface area contributed by atoms with Crippen molar-refractivity contribution in [2.75, 3.05) is 30.8 Å². The van der Waals surface area contributed by atoms with E-state index >= 15 is 0 Å². The second-order valence-corrected chi connectivity index (χ2v) is 26.1. The van der Waals surface area contributed by atoms with E-state index in [-0.39, 0.29) is 73.6 Å². The number of urea groups is 1. The molecule has 4 aliphatic rings. The number of ether oxygens (including phenoxy) is 1. The second-order valence-electron chi connectivity index (χ2n) is 24.7. The Balaban J connectivity index is 0.934. The number of nitrogens with one attached hydrogen (secondary N) is 8. The van der Waals surface area contributed by atoms with Gasteiger partial charge in [-0.05, 0) is 170 Å². The van der Waals surface area contributed by atoms with Crippen molar-refractivity contribution >= 4 is 74.2 Å². The Morgan fingerprint density at radius 1 is 0.694 bits per heavy atom. The summed E-state index contributed by atoms with van der Waals surface area (Å²) >= 11 is 0. The van der Waals surface area contributed by atoms with Crippen LogP contribution in [0.5, 0.6) is 5.75 Å². The van der Waals surface area contributed by atoms with Crippen LogP contribution in [0.15, 0.2) is 60.7 Å². The van der Waals surface area contributed by atoms with Crippen LogP contribution in [0, 0.1) is 28.6 Å². The zero-order valence-electron chi connectivity index (χ0n) is 49.5. The fourth-order valence-corrected chi connectivity index (χ4v) is 14.3. The first-order chi connectivity index (χ1) is 40.0. The fraction of sp³-hybridized carbons (Fsp3) is 0.557. The van der Waals surface area contributed by atoms with E-state index in [2.05, 4.69) is 56.4 Å². The molecule has 2 saturated carbocycles. The number of benzene rings is 3. The van der Waals surface area contributed by atoms with Crippen LogP contribution < -0.4 is 48.3 Å². The third kappa shape index (κ3) is 15.0. The molecule has 3 aromatic rings. The summed E-state index contributed by atoms with van der Waals surface area (Å²) in [5, 5.41) is 30.1. The lowest BCUT2D eigenvalue weighted by Crippen LogP contribution is -2.60. The van der Waals surface area contributed by atoms with Crippen molar-refractivity contribution in [3.8, 4) is 5.75 Å². The SMILES string of the molecule is CN[C@H](CCC(=O)NCC(=O)S(=O)(=O)O)C(=O)N[C@H](C(=O)N[C@@H](CCCNC(N)=O)C(=O)Nc1ccc(COC(=O)Nc2ccc3c(c2)[C@@]2(C)CCC[C@](C)(C(=O)NC(=O)[C@@]4(C)CCC[C@]5(C)c6cc(O)ccc6CC[C@@H]45)[C@@H]2CC3)cc1)C(C)C. The maximum absolute atomic E-state index is 14.7. The van der Waals surface area contributed by atoms with E-state index < -0.39 is 97.8 Å². The molecule has 0 heterocycles. The van der Waals surface area contributed by atoms with Gasteiger partial charge >= 0.3 is 22.2 Å². The van der Waals surface area contributed by atoms with Gasteiger partial charge in [-0.15, -0.1) is 0 Å². The number of carbonyl (C=O) groups excluding carboxylic acids is 9. The minimum atomic E-state index is -4.99. The third-order valence-corrected chi connectivity index (χ3v) is 19.4. The molecule has 462 valence electrons. The number of primary amides is 1. The van der Waals surface area contributed by atoms with Crippen molar-refractivity contribution in [1.82, 2.24) is 31.9 Å².